The number of hydrogen-bond acceptors (Lipinski definition) is 1. The highest BCUT2D eigenvalue weighted by atomic mass is 15.0. The zero-order chi connectivity index (χ0) is 41.7. The van der Waals surface area contributed by atoms with Gasteiger partial charge in [0, 0.05) is 48.8 Å². The van der Waals surface area contributed by atoms with Crippen LogP contribution in [0.5, 0.6) is 0 Å². The van der Waals surface area contributed by atoms with Gasteiger partial charge in [0.2, 0.25) is 0 Å². The van der Waals surface area contributed by atoms with Gasteiger partial charge in [-0.15, -0.1) is 0 Å². The molecule has 0 aliphatic carbocycles. The molecule has 0 spiro atoms. The average molecular weight is 796 g/mol. The molecule has 0 saturated heterocycles. The Morgan fingerprint density at radius 3 is 1.71 bits per heavy atom. The second-order valence-electron chi connectivity index (χ2n) is 15.8. The minimum absolute atomic E-state index is 0.173. The first-order valence-corrected chi connectivity index (χ1v) is 20.9. The molecule has 0 fully saturated rings. The number of aromatic nitrogens is 2. The number of benzene rings is 10. The molecule has 0 unspecified atom stereocenters. The summed E-state index contributed by atoms with van der Waals surface area (Å²) in [7, 11) is 0. The van der Waals surface area contributed by atoms with Crippen LogP contribution in [0.2, 0.25) is 0 Å². The van der Waals surface area contributed by atoms with E-state index in [1.165, 1.54) is 92.9 Å². The van der Waals surface area contributed by atoms with Gasteiger partial charge in [-0.3, -0.25) is 5.41 Å². The number of rotatable bonds is 4. The fourth-order valence-corrected chi connectivity index (χ4v) is 9.24. The van der Waals surface area contributed by atoms with E-state index in [2.05, 4.69) is 173 Å². The van der Waals surface area contributed by atoms with Gasteiger partial charge in [-0.25, -0.2) is 4.99 Å². The molecule has 0 amide bonds. The molecule has 5 nitrogen and oxygen atoms in total. The van der Waals surface area contributed by atoms with Crippen LogP contribution in [0.3, 0.4) is 0 Å². The van der Waals surface area contributed by atoms with Gasteiger partial charge >= 0.3 is 0 Å². The number of aliphatic imine (C=N–C) groups is 1. The van der Waals surface area contributed by atoms with Crippen molar-refractivity contribution in [3.05, 3.63) is 229 Å². The van der Waals surface area contributed by atoms with Gasteiger partial charge in [-0.2, -0.15) is 0 Å². The second kappa shape index (κ2) is 15.1. The first-order chi connectivity index (χ1) is 30.5. The number of nitrogens with two attached hydrogens (primary N) is 1. The molecule has 0 aliphatic rings. The van der Waals surface area contributed by atoms with Crippen molar-refractivity contribution < 1.29 is 0 Å². The summed E-state index contributed by atoms with van der Waals surface area (Å²) in [6, 6.07) is 74.7. The third kappa shape index (κ3) is 6.10. The number of amidine groups is 2. The molecule has 294 valence electrons. The van der Waals surface area contributed by atoms with Crippen molar-refractivity contribution in [2.24, 2.45) is 10.7 Å². The van der Waals surface area contributed by atoms with Crippen molar-refractivity contribution in [1.29, 1.82) is 5.41 Å². The second-order valence-corrected chi connectivity index (χ2v) is 15.8. The summed E-state index contributed by atoms with van der Waals surface area (Å²) in [6.45, 7) is 2.20. The number of nitrogens with one attached hydrogen (secondary N) is 1. The molecule has 2 aromatic heterocycles. The van der Waals surface area contributed by atoms with Crippen molar-refractivity contribution in [3.8, 4) is 11.4 Å². The number of aryl methyl sites for hydroxylation is 1. The zero-order valence-corrected chi connectivity index (χ0v) is 34.1. The fraction of sp³-hybridized carbons (Fsp3) is 0.0175. The van der Waals surface area contributed by atoms with Gasteiger partial charge in [0.25, 0.3) is 0 Å². The van der Waals surface area contributed by atoms with Gasteiger partial charge in [-0.1, -0.05) is 182 Å². The molecule has 12 rings (SSSR count). The lowest BCUT2D eigenvalue weighted by Crippen LogP contribution is -2.15. The van der Waals surface area contributed by atoms with Gasteiger partial charge in [-0.05, 0) is 59.0 Å². The van der Waals surface area contributed by atoms with Crippen LogP contribution in [-0.4, -0.2) is 20.8 Å². The van der Waals surface area contributed by atoms with Gasteiger partial charge in [0.15, 0.2) is 5.84 Å². The smallest absolute Gasteiger partial charge is 0.154 e. The molecule has 2 heterocycles. The first-order valence-electron chi connectivity index (χ1n) is 20.9. The quantitative estimate of drug-likeness (QED) is 0.135. The number of para-hydroxylation sites is 1. The Bertz CT molecular complexity index is 3720. The molecule has 12 aromatic rings. The lowest BCUT2D eigenvalue weighted by molar-refractivity contribution is 1.18. The molecular formula is C57H41N5. The van der Waals surface area contributed by atoms with Gasteiger partial charge < -0.3 is 14.9 Å². The molecule has 3 N–H and O–H groups in total. The lowest BCUT2D eigenvalue weighted by atomic mass is 10.0. The van der Waals surface area contributed by atoms with Crippen LogP contribution in [0.25, 0.3) is 87.3 Å². The Balaban J connectivity index is 0.000000215. The summed E-state index contributed by atoms with van der Waals surface area (Å²) in [5.41, 5.74) is 16.0. The van der Waals surface area contributed by atoms with Crippen molar-refractivity contribution in [2.75, 3.05) is 0 Å². The standard InChI is InChI=1S/C43H28N2.C14H13N3/c1-27-21-24-40(33-17-7-6-14-30(27)33)44-39-19-9-8-18-34(39)36-25-37-35-23-22-29-12-3-5-16-32(29)43(35)45(42(37)26-41(36)44)38-20-10-13-28-11-2-4-15-31(28)38;15-13(11-7-3-1-4-8-11)17-14(16)12-9-5-2-6-10-12/h2-26H,1H3;1-10H,(H3,15,16,17). The third-order valence-electron chi connectivity index (χ3n) is 12.2. The largest absolute Gasteiger partial charge is 0.383 e. The fourth-order valence-electron chi connectivity index (χ4n) is 9.24. The number of fused-ring (bicyclic) bond motifs is 10. The van der Waals surface area contributed by atoms with Crippen LogP contribution < -0.4 is 5.73 Å². The van der Waals surface area contributed by atoms with E-state index in [0.29, 0.717) is 5.84 Å². The maximum Gasteiger partial charge on any atom is 0.154 e. The van der Waals surface area contributed by atoms with Crippen molar-refractivity contribution >= 4 is 87.6 Å². The highest BCUT2D eigenvalue weighted by Gasteiger charge is 2.21. The molecule has 0 aliphatic heterocycles. The maximum atomic E-state index is 7.84. The third-order valence-corrected chi connectivity index (χ3v) is 12.2. The number of nitrogens with zero attached hydrogens (tertiary/aromatic N) is 3. The van der Waals surface area contributed by atoms with Crippen LogP contribution >= 0.6 is 0 Å². The van der Waals surface area contributed by atoms with E-state index in [9.17, 15) is 0 Å². The predicted octanol–water partition coefficient (Wildman–Crippen LogP) is 14.1. The SMILES string of the molecule is Cc1ccc(-n2c3ccccc3c3cc4c5ccc6ccccc6c5n(-c5cccc6ccccc56)c4cc32)c2ccccc12.N=C(N=C(N)c1ccccc1)c1ccccc1. The molecule has 0 atom stereocenters. The summed E-state index contributed by atoms with van der Waals surface area (Å²) in [5, 5.41) is 20.5. The molecule has 10 aromatic carbocycles. The molecule has 0 bridgehead atoms. The van der Waals surface area contributed by atoms with E-state index >= 15 is 0 Å². The van der Waals surface area contributed by atoms with Gasteiger partial charge in [0.05, 0.1) is 33.4 Å². The minimum Gasteiger partial charge on any atom is -0.383 e. The first kappa shape index (κ1) is 36.8. The summed E-state index contributed by atoms with van der Waals surface area (Å²) >= 11 is 0. The monoisotopic (exact) mass is 795 g/mol. The van der Waals surface area contributed by atoms with Crippen LogP contribution in [0, 0.1) is 12.3 Å². The van der Waals surface area contributed by atoms with E-state index in [4.69, 9.17) is 11.1 Å². The van der Waals surface area contributed by atoms with E-state index in [1.54, 1.807) is 0 Å². The average Bonchev–Trinajstić information content (AvgIpc) is 3.83. The Kier molecular flexibility index (Phi) is 8.94. The Hall–Kier alpha value is -8.28. The topological polar surface area (TPSA) is 72.1 Å². The Morgan fingerprint density at radius 2 is 0.952 bits per heavy atom. The highest BCUT2D eigenvalue weighted by molar-refractivity contribution is 6.24. The zero-order valence-electron chi connectivity index (χ0n) is 34.1. The maximum absolute atomic E-state index is 7.84. The van der Waals surface area contributed by atoms with Crippen LogP contribution in [0.1, 0.15) is 16.7 Å². The molecule has 62 heavy (non-hydrogen) atoms. The van der Waals surface area contributed by atoms with Crippen molar-refractivity contribution in [3.63, 3.8) is 0 Å². The van der Waals surface area contributed by atoms with Crippen molar-refractivity contribution in [2.45, 2.75) is 6.92 Å². The normalized spacial score (nSPS) is 11.9. The summed E-state index contributed by atoms with van der Waals surface area (Å²) in [6.07, 6.45) is 0. The Labute approximate surface area is 358 Å². The van der Waals surface area contributed by atoms with E-state index in [1.807, 2.05) is 60.7 Å². The predicted molar refractivity (Wildman–Crippen MR) is 263 cm³/mol. The van der Waals surface area contributed by atoms with Crippen LogP contribution in [0.15, 0.2) is 217 Å². The van der Waals surface area contributed by atoms with E-state index in [-0.39, 0.29) is 5.84 Å². The molecule has 0 radical (unpaired) electrons. The van der Waals surface area contributed by atoms with Crippen molar-refractivity contribution in [1.82, 2.24) is 9.13 Å². The summed E-state index contributed by atoms with van der Waals surface area (Å²) in [4.78, 5) is 4.10. The summed E-state index contributed by atoms with van der Waals surface area (Å²) in [5.74, 6) is 0.534. The van der Waals surface area contributed by atoms with E-state index < -0.39 is 0 Å². The molecular weight excluding hydrogens is 755 g/mol. The lowest BCUT2D eigenvalue weighted by Gasteiger charge is -2.14. The Morgan fingerprint density at radius 1 is 0.403 bits per heavy atom. The summed E-state index contributed by atoms with van der Waals surface area (Å²) < 4.78 is 5.00. The number of hydrogen-bond donors (Lipinski definition) is 2. The highest BCUT2D eigenvalue weighted by Crippen LogP contribution is 2.43. The molecule has 0 saturated carbocycles. The minimum atomic E-state index is 0.173. The van der Waals surface area contributed by atoms with Gasteiger partial charge in [0.1, 0.15) is 5.84 Å². The van der Waals surface area contributed by atoms with E-state index in [0.717, 1.165) is 11.1 Å². The van der Waals surface area contributed by atoms with Crippen LogP contribution in [-0.2, 0) is 0 Å². The van der Waals surface area contributed by atoms with Crippen LogP contribution in [0.4, 0.5) is 0 Å². The molecule has 5 heteroatoms.